The number of methoxy groups -OCH3 is 1. The first-order valence-electron chi connectivity index (χ1n) is 5.30. The fourth-order valence-electron chi connectivity index (χ4n) is 1.46. The van der Waals surface area contributed by atoms with Crippen molar-refractivity contribution in [3.63, 3.8) is 0 Å². The minimum atomic E-state index is -0.579. The molecule has 0 bridgehead atoms. The average molecular weight is 222 g/mol. The third-order valence-corrected chi connectivity index (χ3v) is 2.49. The van der Waals surface area contributed by atoms with Crippen LogP contribution in [0, 0.1) is 0 Å². The molecule has 0 aliphatic carbocycles. The smallest absolute Gasteiger partial charge is 0.119 e. The normalized spacial score (nSPS) is 14.2. The standard InChI is InChI=1S/C13H18O3/c1-3-11(14)7-8-13(15)10-5-4-6-12(9-10)16-2/h3-6,9,11,13-15H,1,7-8H2,2H3. The Morgan fingerprint density at radius 1 is 1.38 bits per heavy atom. The summed E-state index contributed by atoms with van der Waals surface area (Å²) in [4.78, 5) is 0. The monoisotopic (exact) mass is 222 g/mol. The molecular weight excluding hydrogens is 204 g/mol. The van der Waals surface area contributed by atoms with Crippen molar-refractivity contribution in [2.24, 2.45) is 0 Å². The molecule has 1 aromatic rings. The summed E-state index contributed by atoms with van der Waals surface area (Å²) < 4.78 is 5.08. The second-order valence-corrected chi connectivity index (χ2v) is 3.67. The molecule has 0 aliphatic heterocycles. The van der Waals surface area contributed by atoms with Gasteiger partial charge in [0, 0.05) is 0 Å². The van der Waals surface area contributed by atoms with Crippen LogP contribution in [0.1, 0.15) is 24.5 Å². The Morgan fingerprint density at radius 2 is 2.12 bits per heavy atom. The topological polar surface area (TPSA) is 49.7 Å². The second-order valence-electron chi connectivity index (χ2n) is 3.67. The van der Waals surface area contributed by atoms with E-state index in [9.17, 15) is 10.2 Å². The van der Waals surface area contributed by atoms with Crippen LogP contribution < -0.4 is 4.74 Å². The minimum absolute atomic E-state index is 0.500. The summed E-state index contributed by atoms with van der Waals surface area (Å²) in [7, 11) is 1.59. The van der Waals surface area contributed by atoms with Gasteiger partial charge in [-0.15, -0.1) is 6.58 Å². The summed E-state index contributed by atoms with van der Waals surface area (Å²) >= 11 is 0. The molecule has 0 aromatic heterocycles. The molecule has 0 fully saturated rings. The molecule has 2 N–H and O–H groups in total. The Morgan fingerprint density at radius 3 is 2.75 bits per heavy atom. The number of aliphatic hydroxyl groups is 2. The van der Waals surface area contributed by atoms with Crippen LogP contribution in [0.5, 0.6) is 5.75 Å². The minimum Gasteiger partial charge on any atom is -0.497 e. The van der Waals surface area contributed by atoms with Crippen molar-refractivity contribution < 1.29 is 14.9 Å². The highest BCUT2D eigenvalue weighted by Gasteiger charge is 2.10. The Bertz CT molecular complexity index is 336. The van der Waals surface area contributed by atoms with Crippen LogP contribution in [-0.2, 0) is 0 Å². The van der Waals surface area contributed by atoms with Gasteiger partial charge >= 0.3 is 0 Å². The quantitative estimate of drug-likeness (QED) is 0.724. The molecule has 3 heteroatoms. The van der Waals surface area contributed by atoms with Crippen LogP contribution in [0.25, 0.3) is 0 Å². The average Bonchev–Trinajstić information content (AvgIpc) is 2.35. The number of ether oxygens (including phenoxy) is 1. The molecular formula is C13H18O3. The molecule has 0 saturated heterocycles. The van der Waals surface area contributed by atoms with E-state index in [1.807, 2.05) is 18.2 Å². The number of aliphatic hydroxyl groups excluding tert-OH is 2. The lowest BCUT2D eigenvalue weighted by molar-refractivity contribution is 0.134. The summed E-state index contributed by atoms with van der Waals surface area (Å²) in [5.74, 6) is 0.723. The summed E-state index contributed by atoms with van der Waals surface area (Å²) in [6.07, 6.45) is 1.34. The first-order valence-corrected chi connectivity index (χ1v) is 5.30. The SMILES string of the molecule is C=CC(O)CCC(O)c1cccc(OC)c1. The molecule has 3 nitrogen and oxygen atoms in total. The van der Waals surface area contributed by atoms with E-state index in [1.165, 1.54) is 6.08 Å². The molecule has 0 radical (unpaired) electrons. The van der Waals surface area contributed by atoms with Gasteiger partial charge in [-0.1, -0.05) is 18.2 Å². The van der Waals surface area contributed by atoms with E-state index in [0.29, 0.717) is 12.8 Å². The molecule has 16 heavy (non-hydrogen) atoms. The van der Waals surface area contributed by atoms with Crippen molar-refractivity contribution >= 4 is 0 Å². The first kappa shape index (κ1) is 12.7. The van der Waals surface area contributed by atoms with Gasteiger partial charge in [0.2, 0.25) is 0 Å². The first-order chi connectivity index (χ1) is 7.67. The Labute approximate surface area is 96.0 Å². The Balaban J connectivity index is 2.58. The van der Waals surface area contributed by atoms with Gasteiger partial charge in [-0.05, 0) is 30.5 Å². The molecule has 1 aromatic carbocycles. The van der Waals surface area contributed by atoms with Crippen LogP contribution in [0.2, 0.25) is 0 Å². The zero-order chi connectivity index (χ0) is 12.0. The van der Waals surface area contributed by atoms with E-state index in [-0.39, 0.29) is 0 Å². The third-order valence-electron chi connectivity index (χ3n) is 2.49. The van der Waals surface area contributed by atoms with Gasteiger partial charge in [0.1, 0.15) is 5.75 Å². The third kappa shape index (κ3) is 3.68. The summed E-state index contributed by atoms with van der Waals surface area (Å²) in [5, 5.41) is 19.2. The van der Waals surface area contributed by atoms with Gasteiger partial charge in [0.05, 0.1) is 19.3 Å². The number of hydrogen-bond donors (Lipinski definition) is 2. The van der Waals surface area contributed by atoms with Crippen LogP contribution in [0.3, 0.4) is 0 Å². The number of hydrogen-bond acceptors (Lipinski definition) is 3. The highest BCUT2D eigenvalue weighted by Crippen LogP contribution is 2.23. The van der Waals surface area contributed by atoms with E-state index in [2.05, 4.69) is 6.58 Å². The van der Waals surface area contributed by atoms with Gasteiger partial charge in [0.15, 0.2) is 0 Å². The fourth-order valence-corrected chi connectivity index (χ4v) is 1.46. The lowest BCUT2D eigenvalue weighted by atomic mass is 10.0. The zero-order valence-corrected chi connectivity index (χ0v) is 9.47. The predicted molar refractivity (Wildman–Crippen MR) is 63.4 cm³/mol. The van der Waals surface area contributed by atoms with Crippen molar-refractivity contribution in [1.29, 1.82) is 0 Å². The van der Waals surface area contributed by atoms with Crippen molar-refractivity contribution in [3.05, 3.63) is 42.5 Å². The van der Waals surface area contributed by atoms with E-state index in [0.717, 1.165) is 11.3 Å². The predicted octanol–water partition coefficient (Wildman–Crippen LogP) is 2.06. The Hall–Kier alpha value is -1.32. The highest BCUT2D eigenvalue weighted by atomic mass is 16.5. The maximum Gasteiger partial charge on any atom is 0.119 e. The molecule has 0 aliphatic rings. The van der Waals surface area contributed by atoms with E-state index >= 15 is 0 Å². The van der Waals surface area contributed by atoms with E-state index < -0.39 is 12.2 Å². The molecule has 0 amide bonds. The van der Waals surface area contributed by atoms with Crippen LogP contribution in [0.15, 0.2) is 36.9 Å². The number of benzene rings is 1. The molecule has 2 atom stereocenters. The van der Waals surface area contributed by atoms with E-state index in [1.54, 1.807) is 13.2 Å². The molecule has 2 unspecified atom stereocenters. The van der Waals surface area contributed by atoms with Crippen molar-refractivity contribution in [2.75, 3.05) is 7.11 Å². The summed E-state index contributed by atoms with van der Waals surface area (Å²) in [6.45, 7) is 3.49. The molecule has 0 spiro atoms. The van der Waals surface area contributed by atoms with Crippen LogP contribution >= 0.6 is 0 Å². The number of rotatable bonds is 6. The maximum atomic E-state index is 9.88. The lowest BCUT2D eigenvalue weighted by Crippen LogP contribution is -2.05. The zero-order valence-electron chi connectivity index (χ0n) is 9.47. The Kier molecular flexibility index (Phi) is 5.02. The molecule has 0 saturated carbocycles. The lowest BCUT2D eigenvalue weighted by Gasteiger charge is -2.13. The summed E-state index contributed by atoms with van der Waals surface area (Å²) in [6, 6.07) is 7.30. The van der Waals surface area contributed by atoms with Crippen molar-refractivity contribution in [2.45, 2.75) is 25.0 Å². The highest BCUT2D eigenvalue weighted by molar-refractivity contribution is 5.29. The van der Waals surface area contributed by atoms with Gasteiger partial charge in [0.25, 0.3) is 0 Å². The van der Waals surface area contributed by atoms with Crippen LogP contribution in [-0.4, -0.2) is 23.4 Å². The fraction of sp³-hybridized carbons (Fsp3) is 0.385. The second kappa shape index (κ2) is 6.30. The largest absolute Gasteiger partial charge is 0.497 e. The van der Waals surface area contributed by atoms with Gasteiger partial charge < -0.3 is 14.9 Å². The van der Waals surface area contributed by atoms with Gasteiger partial charge in [-0.2, -0.15) is 0 Å². The maximum absolute atomic E-state index is 9.88. The van der Waals surface area contributed by atoms with Crippen LogP contribution in [0.4, 0.5) is 0 Å². The molecule has 0 heterocycles. The summed E-state index contributed by atoms with van der Waals surface area (Å²) in [5.41, 5.74) is 0.801. The van der Waals surface area contributed by atoms with Crippen molar-refractivity contribution in [1.82, 2.24) is 0 Å². The molecule has 1 rings (SSSR count). The molecule has 88 valence electrons. The van der Waals surface area contributed by atoms with Gasteiger partial charge in [-0.25, -0.2) is 0 Å². The van der Waals surface area contributed by atoms with Gasteiger partial charge in [-0.3, -0.25) is 0 Å². The van der Waals surface area contributed by atoms with E-state index in [4.69, 9.17) is 4.74 Å². The van der Waals surface area contributed by atoms with Crippen molar-refractivity contribution in [3.8, 4) is 5.75 Å².